The topological polar surface area (TPSA) is 3.24 Å². The van der Waals surface area contributed by atoms with E-state index in [4.69, 9.17) is 12.8 Å². The zero-order valence-electron chi connectivity index (χ0n) is 18.1. The minimum atomic E-state index is 0.765. The molecular formula is C29H29N. The van der Waals surface area contributed by atoms with Crippen LogP contribution in [0.1, 0.15) is 19.4 Å². The Morgan fingerprint density at radius 2 is 1.43 bits per heavy atom. The molecule has 30 heavy (non-hydrogen) atoms. The SMILES string of the molecule is C#C/C=C(C)\C=C/CN(C/C=C\C(C)=C/C#C)c1ccc(C)cc1-c1ccccc1. The molecule has 0 aliphatic rings. The fourth-order valence-electron chi connectivity index (χ4n) is 3.14. The highest BCUT2D eigenvalue weighted by Crippen LogP contribution is 2.32. The first-order valence-electron chi connectivity index (χ1n) is 10.0. The molecule has 0 N–H and O–H groups in total. The van der Waals surface area contributed by atoms with Crippen molar-refractivity contribution in [2.24, 2.45) is 0 Å². The molecule has 0 bridgehead atoms. The van der Waals surface area contributed by atoms with Crippen molar-refractivity contribution < 1.29 is 0 Å². The van der Waals surface area contributed by atoms with Gasteiger partial charge in [-0.3, -0.25) is 0 Å². The molecule has 0 fully saturated rings. The Labute approximate surface area is 182 Å². The van der Waals surface area contributed by atoms with E-state index in [1.54, 1.807) is 12.2 Å². The Kier molecular flexibility index (Phi) is 9.05. The average molecular weight is 392 g/mol. The lowest BCUT2D eigenvalue weighted by atomic mass is 10.0. The molecule has 1 heteroatoms. The van der Waals surface area contributed by atoms with Crippen LogP contribution >= 0.6 is 0 Å². The summed E-state index contributed by atoms with van der Waals surface area (Å²) in [6.07, 6.45) is 22.7. The fraction of sp³-hybridized carbons (Fsp3) is 0.172. The van der Waals surface area contributed by atoms with E-state index < -0.39 is 0 Å². The van der Waals surface area contributed by atoms with E-state index in [1.165, 1.54) is 22.4 Å². The molecule has 0 unspecified atom stereocenters. The van der Waals surface area contributed by atoms with Gasteiger partial charge in [0.05, 0.1) is 0 Å². The summed E-state index contributed by atoms with van der Waals surface area (Å²) in [5.74, 6) is 5.14. The number of hydrogen-bond donors (Lipinski definition) is 0. The van der Waals surface area contributed by atoms with Gasteiger partial charge in [-0.2, -0.15) is 0 Å². The second kappa shape index (κ2) is 12.0. The predicted octanol–water partition coefficient (Wildman–Crippen LogP) is 6.74. The van der Waals surface area contributed by atoms with Gasteiger partial charge < -0.3 is 4.90 Å². The van der Waals surface area contributed by atoms with Crippen molar-refractivity contribution in [3.8, 4) is 35.8 Å². The molecule has 2 rings (SSSR count). The highest BCUT2D eigenvalue weighted by Gasteiger charge is 2.11. The first-order chi connectivity index (χ1) is 14.5. The van der Waals surface area contributed by atoms with E-state index >= 15 is 0 Å². The van der Waals surface area contributed by atoms with Gasteiger partial charge in [-0.1, -0.05) is 78.1 Å². The number of hydrogen-bond acceptors (Lipinski definition) is 1. The Bertz CT molecular complexity index is 992. The number of aryl methyl sites for hydroxylation is 1. The zero-order valence-corrected chi connectivity index (χ0v) is 18.1. The smallest absolute Gasteiger partial charge is 0.0451 e. The van der Waals surface area contributed by atoms with Crippen molar-refractivity contribution in [2.75, 3.05) is 18.0 Å². The summed E-state index contributed by atoms with van der Waals surface area (Å²) >= 11 is 0. The molecule has 0 aromatic heterocycles. The molecule has 0 amide bonds. The number of allylic oxidation sites excluding steroid dienone is 6. The summed E-state index contributed by atoms with van der Waals surface area (Å²) in [5, 5.41) is 0. The third-order valence-electron chi connectivity index (χ3n) is 4.61. The standard InChI is InChI=1S/C29H29N/c1-6-13-24(3)15-11-21-30(22-12-16-25(4)14-7-2)29-20-19-26(5)23-28(29)27-17-9-8-10-18-27/h1-2,8-20,23H,21-22H2,3-5H3/b15-11-,16-12-,24-13-,25-14-. The van der Waals surface area contributed by atoms with E-state index in [-0.39, 0.29) is 0 Å². The van der Waals surface area contributed by atoms with Crippen molar-refractivity contribution in [1.29, 1.82) is 0 Å². The number of anilines is 1. The lowest BCUT2D eigenvalue weighted by molar-refractivity contribution is 0.953. The van der Waals surface area contributed by atoms with E-state index in [9.17, 15) is 0 Å². The van der Waals surface area contributed by atoms with Crippen LogP contribution in [0.5, 0.6) is 0 Å². The van der Waals surface area contributed by atoms with Gasteiger partial charge in [-0.25, -0.2) is 0 Å². The van der Waals surface area contributed by atoms with Gasteiger partial charge in [-0.05, 0) is 61.8 Å². The van der Waals surface area contributed by atoms with Crippen LogP contribution in [0.3, 0.4) is 0 Å². The maximum atomic E-state index is 5.37. The number of terminal acetylenes is 2. The van der Waals surface area contributed by atoms with Gasteiger partial charge in [0.2, 0.25) is 0 Å². The molecule has 2 aromatic rings. The Morgan fingerprint density at radius 3 is 1.97 bits per heavy atom. The van der Waals surface area contributed by atoms with Gasteiger partial charge in [-0.15, -0.1) is 12.8 Å². The van der Waals surface area contributed by atoms with Crippen LogP contribution < -0.4 is 4.90 Å². The highest BCUT2D eigenvalue weighted by atomic mass is 15.1. The normalized spacial score (nSPS) is 12.2. The van der Waals surface area contributed by atoms with Gasteiger partial charge in [0, 0.05) is 24.3 Å². The molecule has 0 heterocycles. The first kappa shape index (κ1) is 22.6. The number of nitrogens with zero attached hydrogens (tertiary/aromatic N) is 1. The Balaban J connectivity index is 2.41. The molecule has 1 nitrogen and oxygen atoms in total. The number of benzene rings is 2. The summed E-state index contributed by atoms with van der Waals surface area (Å²) in [6, 6.07) is 17.1. The van der Waals surface area contributed by atoms with Gasteiger partial charge in [0.1, 0.15) is 0 Å². The minimum Gasteiger partial charge on any atom is -0.364 e. The van der Waals surface area contributed by atoms with Crippen molar-refractivity contribution in [1.82, 2.24) is 0 Å². The summed E-state index contributed by atoms with van der Waals surface area (Å²) in [6.45, 7) is 7.68. The lowest BCUT2D eigenvalue weighted by Crippen LogP contribution is -2.24. The van der Waals surface area contributed by atoms with Crippen molar-refractivity contribution >= 4 is 5.69 Å². The van der Waals surface area contributed by atoms with Crippen molar-refractivity contribution in [2.45, 2.75) is 20.8 Å². The average Bonchev–Trinajstić information content (AvgIpc) is 2.74. The molecular weight excluding hydrogens is 362 g/mol. The van der Waals surface area contributed by atoms with E-state index in [2.05, 4.69) is 90.4 Å². The molecule has 0 radical (unpaired) electrons. The van der Waals surface area contributed by atoms with Crippen molar-refractivity contribution in [3.05, 3.63) is 102 Å². The molecule has 0 aliphatic heterocycles. The molecule has 2 aromatic carbocycles. The molecule has 0 saturated carbocycles. The first-order valence-corrected chi connectivity index (χ1v) is 10.0. The Hall–Kier alpha value is -3.68. The highest BCUT2D eigenvalue weighted by molar-refractivity contribution is 5.79. The monoisotopic (exact) mass is 391 g/mol. The molecule has 0 saturated heterocycles. The van der Waals surface area contributed by atoms with Crippen LogP contribution in [0.2, 0.25) is 0 Å². The maximum absolute atomic E-state index is 5.37. The van der Waals surface area contributed by atoms with Crippen LogP contribution in [0, 0.1) is 31.6 Å². The number of rotatable bonds is 8. The van der Waals surface area contributed by atoms with Crippen LogP contribution in [-0.4, -0.2) is 13.1 Å². The van der Waals surface area contributed by atoms with Crippen LogP contribution in [0.25, 0.3) is 11.1 Å². The second-order valence-corrected chi connectivity index (χ2v) is 7.21. The van der Waals surface area contributed by atoms with Gasteiger partial charge in [0.15, 0.2) is 0 Å². The summed E-state index contributed by atoms with van der Waals surface area (Å²) < 4.78 is 0. The third kappa shape index (κ3) is 7.05. The summed E-state index contributed by atoms with van der Waals surface area (Å²) in [4.78, 5) is 2.35. The minimum absolute atomic E-state index is 0.765. The zero-order chi connectivity index (χ0) is 21.8. The van der Waals surface area contributed by atoms with Crippen molar-refractivity contribution in [3.63, 3.8) is 0 Å². The quantitative estimate of drug-likeness (QED) is 0.356. The summed E-state index contributed by atoms with van der Waals surface area (Å²) in [5.41, 5.74) is 6.99. The van der Waals surface area contributed by atoms with E-state index in [1.807, 2.05) is 19.9 Å². The molecule has 0 aliphatic carbocycles. The predicted molar refractivity (Wildman–Crippen MR) is 132 cm³/mol. The largest absolute Gasteiger partial charge is 0.364 e. The molecule has 150 valence electrons. The lowest BCUT2D eigenvalue weighted by Gasteiger charge is -2.25. The maximum Gasteiger partial charge on any atom is 0.0451 e. The van der Waals surface area contributed by atoms with Crippen LogP contribution in [0.15, 0.2) is 96.1 Å². The van der Waals surface area contributed by atoms with E-state index in [0.29, 0.717) is 0 Å². The molecule has 0 spiro atoms. The van der Waals surface area contributed by atoms with Crippen LogP contribution in [-0.2, 0) is 0 Å². The van der Waals surface area contributed by atoms with Gasteiger partial charge in [0.25, 0.3) is 0 Å². The van der Waals surface area contributed by atoms with Crippen LogP contribution in [0.4, 0.5) is 5.69 Å². The van der Waals surface area contributed by atoms with Gasteiger partial charge >= 0.3 is 0 Å². The Morgan fingerprint density at radius 1 is 0.867 bits per heavy atom. The second-order valence-electron chi connectivity index (χ2n) is 7.21. The third-order valence-corrected chi connectivity index (χ3v) is 4.61. The summed E-state index contributed by atoms with van der Waals surface area (Å²) in [7, 11) is 0. The fourth-order valence-corrected chi connectivity index (χ4v) is 3.14. The molecule has 0 atom stereocenters. The van der Waals surface area contributed by atoms with E-state index in [0.717, 1.165) is 24.2 Å².